The molecule has 0 radical (unpaired) electrons. The average Bonchev–Trinajstić information content (AvgIpc) is 3.50. The van der Waals surface area contributed by atoms with E-state index in [0.29, 0.717) is 30.7 Å². The number of likely N-dealkylation sites (tertiary alicyclic amines) is 1. The van der Waals surface area contributed by atoms with Crippen LogP contribution in [0, 0.1) is 0 Å². The molecule has 3 aromatic rings. The van der Waals surface area contributed by atoms with E-state index in [-0.39, 0.29) is 0 Å². The third-order valence-corrected chi connectivity index (χ3v) is 6.98. The molecule has 1 N–H and O–H groups in total. The van der Waals surface area contributed by atoms with Crippen molar-refractivity contribution >= 4 is 16.9 Å². The predicted octanol–water partition coefficient (Wildman–Crippen LogP) is 2.23. The Morgan fingerprint density at radius 2 is 1.87 bits per heavy atom. The highest BCUT2D eigenvalue weighted by Gasteiger charge is 2.34. The molecule has 3 saturated heterocycles. The van der Waals surface area contributed by atoms with Gasteiger partial charge in [-0.15, -0.1) is 0 Å². The summed E-state index contributed by atoms with van der Waals surface area (Å²) in [4.78, 5) is 14.5. The van der Waals surface area contributed by atoms with Crippen LogP contribution in [0.5, 0.6) is 6.01 Å². The fraction of sp³-hybridized carbons (Fsp3) is 0.522. The monoisotopic (exact) mass is 419 g/mol. The van der Waals surface area contributed by atoms with E-state index in [9.17, 15) is 0 Å². The Bertz CT molecular complexity index is 1060. The van der Waals surface area contributed by atoms with E-state index < -0.39 is 0 Å². The number of nitrogens with zero attached hydrogens (tertiary/aromatic N) is 6. The number of para-hydroxylation sites is 1. The van der Waals surface area contributed by atoms with Gasteiger partial charge in [-0.05, 0) is 51.4 Å². The number of hydrogen-bond donors (Lipinski definition) is 1. The largest absolute Gasteiger partial charge is 0.462 e. The molecule has 3 fully saturated rings. The predicted molar refractivity (Wildman–Crippen MR) is 120 cm³/mol. The van der Waals surface area contributed by atoms with Crippen LogP contribution in [-0.2, 0) is 0 Å². The zero-order valence-electron chi connectivity index (χ0n) is 17.9. The summed E-state index contributed by atoms with van der Waals surface area (Å²) < 4.78 is 8.08. The zero-order valence-corrected chi connectivity index (χ0v) is 17.9. The minimum atomic E-state index is 0.428. The van der Waals surface area contributed by atoms with Crippen molar-refractivity contribution in [3.05, 3.63) is 36.5 Å². The second-order valence-corrected chi connectivity index (χ2v) is 9.09. The van der Waals surface area contributed by atoms with Crippen LogP contribution < -0.4 is 15.0 Å². The maximum absolute atomic E-state index is 6.18. The Kier molecular flexibility index (Phi) is 4.76. The van der Waals surface area contributed by atoms with Gasteiger partial charge < -0.3 is 19.9 Å². The minimum Gasteiger partial charge on any atom is -0.462 e. The summed E-state index contributed by atoms with van der Waals surface area (Å²) >= 11 is 0. The van der Waals surface area contributed by atoms with E-state index in [1.165, 1.54) is 19.3 Å². The average molecular weight is 420 g/mol. The number of fused-ring (bicyclic) bond motifs is 3. The molecule has 1 aromatic carbocycles. The molecule has 8 nitrogen and oxygen atoms in total. The summed E-state index contributed by atoms with van der Waals surface area (Å²) in [6.07, 6.45) is 6.75. The van der Waals surface area contributed by atoms with Gasteiger partial charge in [-0.1, -0.05) is 18.2 Å². The van der Waals surface area contributed by atoms with E-state index in [0.717, 1.165) is 48.6 Å². The summed E-state index contributed by atoms with van der Waals surface area (Å²) in [5, 5.41) is 9.36. The normalized spacial score (nSPS) is 26.1. The fourth-order valence-corrected chi connectivity index (χ4v) is 5.27. The van der Waals surface area contributed by atoms with Gasteiger partial charge in [0.25, 0.3) is 0 Å². The molecule has 8 heteroatoms. The fourth-order valence-electron chi connectivity index (χ4n) is 5.27. The maximum atomic E-state index is 6.18. The Balaban J connectivity index is 1.39. The van der Waals surface area contributed by atoms with Gasteiger partial charge in [0.1, 0.15) is 12.4 Å². The summed E-state index contributed by atoms with van der Waals surface area (Å²) in [5.41, 5.74) is 1.79. The highest BCUT2D eigenvalue weighted by Crippen LogP contribution is 2.31. The number of hydrogen-bond acceptors (Lipinski definition) is 7. The van der Waals surface area contributed by atoms with E-state index in [1.54, 1.807) is 0 Å². The Morgan fingerprint density at radius 3 is 2.61 bits per heavy atom. The first-order valence-corrected chi connectivity index (χ1v) is 11.4. The number of aromatic nitrogens is 4. The number of likely N-dealkylation sites (N-methyl/N-ethyl adjacent to an activating group) is 1. The second kappa shape index (κ2) is 7.76. The Hall–Kier alpha value is -2.71. The lowest BCUT2D eigenvalue weighted by Crippen LogP contribution is -2.51. The molecule has 3 atom stereocenters. The molecule has 2 bridgehead atoms. The molecule has 0 unspecified atom stereocenters. The summed E-state index contributed by atoms with van der Waals surface area (Å²) in [6, 6.07) is 12.1. The van der Waals surface area contributed by atoms with Crippen molar-refractivity contribution in [2.45, 2.75) is 43.8 Å². The van der Waals surface area contributed by atoms with Gasteiger partial charge in [0, 0.05) is 31.2 Å². The van der Waals surface area contributed by atoms with Gasteiger partial charge in [0.2, 0.25) is 0 Å². The van der Waals surface area contributed by atoms with Crippen LogP contribution in [0.1, 0.15) is 25.7 Å². The van der Waals surface area contributed by atoms with Crippen molar-refractivity contribution in [2.75, 3.05) is 38.2 Å². The van der Waals surface area contributed by atoms with E-state index in [2.05, 4.69) is 27.3 Å². The molecule has 31 heavy (non-hydrogen) atoms. The van der Waals surface area contributed by atoms with Crippen molar-refractivity contribution < 1.29 is 4.74 Å². The molecule has 5 heterocycles. The van der Waals surface area contributed by atoms with E-state index in [4.69, 9.17) is 14.7 Å². The standard InChI is InChI=1S/C23H29N7O/c1-28-11-5-8-19(28)15-31-23-26-21(29-13-16-9-10-17(14-29)25-16)20-12-24-30(22(20)27-23)18-6-3-2-4-7-18/h2-4,6-7,12,16-17,19,25H,5,8-11,13-15H2,1H3/t16-,17+,19-/m0/s1. The molecular weight excluding hydrogens is 390 g/mol. The molecule has 0 spiro atoms. The van der Waals surface area contributed by atoms with Crippen LogP contribution >= 0.6 is 0 Å². The molecule has 6 rings (SSSR count). The quantitative estimate of drug-likeness (QED) is 0.680. The molecule has 0 aliphatic carbocycles. The van der Waals surface area contributed by atoms with Gasteiger partial charge in [0.05, 0.1) is 17.3 Å². The van der Waals surface area contributed by atoms with Crippen molar-refractivity contribution in [1.29, 1.82) is 0 Å². The number of piperazine rings is 1. The maximum Gasteiger partial charge on any atom is 0.320 e. The lowest BCUT2D eigenvalue weighted by molar-refractivity contribution is 0.188. The topological polar surface area (TPSA) is 71.3 Å². The number of ether oxygens (including phenoxy) is 1. The third kappa shape index (κ3) is 3.53. The Morgan fingerprint density at radius 1 is 1.06 bits per heavy atom. The summed E-state index contributed by atoms with van der Waals surface area (Å²) in [5.74, 6) is 0.945. The third-order valence-electron chi connectivity index (χ3n) is 6.98. The molecule has 0 amide bonds. The summed E-state index contributed by atoms with van der Waals surface area (Å²) in [6.45, 7) is 3.67. The smallest absolute Gasteiger partial charge is 0.320 e. The number of anilines is 1. The molecule has 0 saturated carbocycles. The Labute approximate surface area is 182 Å². The number of benzene rings is 1. The van der Waals surface area contributed by atoms with Crippen molar-refractivity contribution in [1.82, 2.24) is 30.0 Å². The first-order chi connectivity index (χ1) is 15.2. The van der Waals surface area contributed by atoms with Crippen LogP contribution in [0.25, 0.3) is 16.7 Å². The number of rotatable bonds is 5. The molecule has 3 aliphatic heterocycles. The highest BCUT2D eigenvalue weighted by molar-refractivity contribution is 5.88. The van der Waals surface area contributed by atoms with Crippen LogP contribution in [0.3, 0.4) is 0 Å². The van der Waals surface area contributed by atoms with E-state index >= 15 is 0 Å². The van der Waals surface area contributed by atoms with Crippen molar-refractivity contribution in [3.63, 3.8) is 0 Å². The lowest BCUT2D eigenvalue weighted by Gasteiger charge is -2.34. The molecular formula is C23H29N7O. The summed E-state index contributed by atoms with van der Waals surface area (Å²) in [7, 11) is 2.16. The van der Waals surface area contributed by atoms with Gasteiger partial charge in [-0.3, -0.25) is 0 Å². The van der Waals surface area contributed by atoms with Crippen molar-refractivity contribution in [2.24, 2.45) is 0 Å². The van der Waals surface area contributed by atoms with Gasteiger partial charge in [-0.25, -0.2) is 4.68 Å². The first-order valence-electron chi connectivity index (χ1n) is 11.4. The van der Waals surface area contributed by atoms with Crippen LogP contribution in [0.4, 0.5) is 5.82 Å². The molecule has 2 aromatic heterocycles. The van der Waals surface area contributed by atoms with Gasteiger partial charge >= 0.3 is 6.01 Å². The SMILES string of the molecule is CN1CCC[C@H]1COc1nc(N2C[C@H]3CC[C@@H](C2)N3)c2cnn(-c3ccccc3)c2n1. The second-order valence-electron chi connectivity index (χ2n) is 9.09. The van der Waals surface area contributed by atoms with E-state index in [1.807, 2.05) is 41.2 Å². The molecule has 162 valence electrons. The van der Waals surface area contributed by atoms with Gasteiger partial charge in [-0.2, -0.15) is 15.1 Å². The van der Waals surface area contributed by atoms with Gasteiger partial charge in [0.15, 0.2) is 5.65 Å². The molecule has 3 aliphatic rings. The first kappa shape index (κ1) is 19.0. The minimum absolute atomic E-state index is 0.428. The van der Waals surface area contributed by atoms with Crippen LogP contribution in [0.15, 0.2) is 36.5 Å². The van der Waals surface area contributed by atoms with Crippen molar-refractivity contribution in [3.8, 4) is 11.7 Å². The highest BCUT2D eigenvalue weighted by atomic mass is 16.5. The van der Waals surface area contributed by atoms with Crippen LogP contribution in [-0.4, -0.2) is 76.1 Å². The number of nitrogens with one attached hydrogen (secondary N) is 1. The van der Waals surface area contributed by atoms with Crippen LogP contribution in [0.2, 0.25) is 0 Å². The lowest BCUT2D eigenvalue weighted by atomic mass is 10.2. The zero-order chi connectivity index (χ0) is 20.8.